The molecule has 0 N–H and O–H groups in total. The van der Waals surface area contributed by atoms with Crippen LogP contribution in [-0.4, -0.2) is 22.1 Å². The number of nitro groups is 1. The summed E-state index contributed by atoms with van der Waals surface area (Å²) >= 11 is 0. The summed E-state index contributed by atoms with van der Waals surface area (Å²) in [6, 6.07) is 3.08. The van der Waals surface area contributed by atoms with E-state index in [9.17, 15) is 23.7 Å². The number of nitro benzene ring substituents is 1. The largest absolute Gasteiger partial charge is 0.482 e. The molecular weight excluding hydrogens is 328 g/mol. The lowest BCUT2D eigenvalue weighted by atomic mass is 10.1. The van der Waals surface area contributed by atoms with Gasteiger partial charge in [0, 0.05) is 17.7 Å². The molecule has 1 aromatic carbocycles. The van der Waals surface area contributed by atoms with Crippen LogP contribution in [0.15, 0.2) is 22.7 Å². The van der Waals surface area contributed by atoms with E-state index in [1.807, 2.05) is 0 Å². The van der Waals surface area contributed by atoms with E-state index in [1.54, 1.807) is 13.8 Å². The molecule has 1 amide bonds. The number of aryl methyl sites for hydroxylation is 2. The summed E-state index contributed by atoms with van der Waals surface area (Å²) in [6.45, 7) is 2.91. The van der Waals surface area contributed by atoms with E-state index in [1.165, 1.54) is 0 Å². The van der Waals surface area contributed by atoms with Crippen LogP contribution in [0.4, 0.5) is 20.2 Å². The van der Waals surface area contributed by atoms with Crippen LogP contribution in [0.25, 0.3) is 0 Å². The van der Waals surface area contributed by atoms with Crippen molar-refractivity contribution in [1.29, 1.82) is 0 Å². The van der Waals surface area contributed by atoms with Gasteiger partial charge in [0.1, 0.15) is 5.76 Å². The van der Waals surface area contributed by atoms with E-state index < -0.39 is 16.9 Å². The second kappa shape index (κ2) is 5.25. The first-order chi connectivity index (χ1) is 11.2. The lowest BCUT2D eigenvalue weighted by molar-refractivity contribution is -0.384. The number of rotatable bonds is 3. The molecule has 0 saturated carbocycles. The van der Waals surface area contributed by atoms with Gasteiger partial charge < -0.3 is 9.26 Å². The number of benzene rings is 1. The zero-order valence-electron chi connectivity index (χ0n) is 12.6. The summed E-state index contributed by atoms with van der Waals surface area (Å²) in [6.07, 6.45) is -4.07. The Kier molecular flexibility index (Phi) is 3.47. The van der Waals surface area contributed by atoms with Gasteiger partial charge >= 0.3 is 12.0 Å². The van der Waals surface area contributed by atoms with E-state index in [2.05, 4.69) is 9.89 Å². The Morgan fingerprint density at radius 3 is 2.67 bits per heavy atom. The van der Waals surface area contributed by atoms with Crippen molar-refractivity contribution in [3.8, 4) is 5.75 Å². The molecular formula is C14H11F2N3O5. The average Bonchev–Trinajstić information content (AvgIpc) is 2.82. The first-order valence-electron chi connectivity index (χ1n) is 6.79. The van der Waals surface area contributed by atoms with Crippen LogP contribution in [0.1, 0.15) is 17.0 Å². The smallest absolute Gasteiger partial charge is 0.423 e. The molecule has 0 unspecified atom stereocenters. The van der Waals surface area contributed by atoms with Gasteiger partial charge in [-0.15, -0.1) is 0 Å². The van der Waals surface area contributed by atoms with Crippen LogP contribution in [0.2, 0.25) is 0 Å². The summed E-state index contributed by atoms with van der Waals surface area (Å²) in [5, 5.41) is 14.6. The van der Waals surface area contributed by atoms with Crippen molar-refractivity contribution >= 4 is 17.3 Å². The van der Waals surface area contributed by atoms with Gasteiger partial charge in [0.2, 0.25) is 0 Å². The number of hydrogen-bond donors (Lipinski definition) is 0. The number of fused-ring (bicyclic) bond motifs is 1. The second-order valence-corrected chi connectivity index (χ2v) is 5.22. The van der Waals surface area contributed by atoms with Crippen LogP contribution in [0, 0.1) is 24.0 Å². The van der Waals surface area contributed by atoms with Gasteiger partial charge in [-0.2, -0.15) is 8.78 Å². The summed E-state index contributed by atoms with van der Waals surface area (Å²) in [5.41, 5.74) is 0.417. The molecule has 1 aliphatic heterocycles. The molecule has 126 valence electrons. The van der Waals surface area contributed by atoms with Crippen molar-refractivity contribution in [3.05, 3.63) is 45.3 Å². The topological polar surface area (TPSA) is 98.7 Å². The fourth-order valence-electron chi connectivity index (χ4n) is 2.41. The third-order valence-electron chi connectivity index (χ3n) is 3.67. The number of alkyl halides is 2. The molecule has 0 bridgehead atoms. The summed E-state index contributed by atoms with van der Waals surface area (Å²) in [5.74, 6) is -1.57. The molecule has 0 atom stereocenters. The van der Waals surface area contributed by atoms with Crippen molar-refractivity contribution in [3.63, 3.8) is 0 Å². The molecule has 1 aliphatic rings. The van der Waals surface area contributed by atoms with Crippen molar-refractivity contribution in [2.24, 2.45) is 0 Å². The van der Waals surface area contributed by atoms with Crippen LogP contribution < -0.4 is 9.64 Å². The highest BCUT2D eigenvalue weighted by Crippen LogP contribution is 2.42. The lowest BCUT2D eigenvalue weighted by Gasteiger charge is -2.33. The van der Waals surface area contributed by atoms with Crippen molar-refractivity contribution in [1.82, 2.24) is 5.16 Å². The Hall–Kier alpha value is -3.04. The monoisotopic (exact) mass is 339 g/mol. The fourth-order valence-corrected chi connectivity index (χ4v) is 2.41. The van der Waals surface area contributed by atoms with Crippen LogP contribution in [0.3, 0.4) is 0 Å². The molecule has 0 saturated heterocycles. The number of halogens is 2. The molecule has 8 nitrogen and oxygen atoms in total. The van der Waals surface area contributed by atoms with Gasteiger partial charge in [-0.05, 0) is 19.9 Å². The van der Waals surface area contributed by atoms with Gasteiger partial charge in [0.05, 0.1) is 22.8 Å². The summed E-state index contributed by atoms with van der Waals surface area (Å²) in [4.78, 5) is 23.0. The highest BCUT2D eigenvalue weighted by atomic mass is 19.3. The number of hydrogen-bond acceptors (Lipinski definition) is 6. The number of nitrogens with zero attached hydrogens (tertiary/aromatic N) is 3. The molecule has 0 spiro atoms. The SMILES string of the molecule is Cc1noc(C)c1CN1C(=O)C(F)(F)Oc2ccc([N+](=O)[O-])cc21. The number of ether oxygens (including phenoxy) is 1. The quantitative estimate of drug-likeness (QED) is 0.630. The third-order valence-corrected chi connectivity index (χ3v) is 3.67. The van der Waals surface area contributed by atoms with Gasteiger partial charge in [-0.25, -0.2) is 0 Å². The van der Waals surface area contributed by atoms with Crippen LogP contribution in [-0.2, 0) is 11.3 Å². The number of amides is 1. The zero-order valence-corrected chi connectivity index (χ0v) is 12.6. The van der Waals surface area contributed by atoms with Gasteiger partial charge in [-0.1, -0.05) is 5.16 Å². The predicted octanol–water partition coefficient (Wildman–Crippen LogP) is 2.72. The molecule has 0 radical (unpaired) electrons. The van der Waals surface area contributed by atoms with E-state index in [0.717, 1.165) is 23.1 Å². The van der Waals surface area contributed by atoms with E-state index in [4.69, 9.17) is 4.52 Å². The zero-order chi connectivity index (χ0) is 17.6. The number of carbonyl (C=O) groups excluding carboxylic acids is 1. The van der Waals surface area contributed by atoms with E-state index in [-0.39, 0.29) is 23.7 Å². The van der Waals surface area contributed by atoms with E-state index >= 15 is 0 Å². The molecule has 0 aliphatic carbocycles. The number of non-ortho nitro benzene ring substituents is 1. The first-order valence-corrected chi connectivity index (χ1v) is 6.79. The molecule has 2 aromatic rings. The minimum atomic E-state index is -4.07. The average molecular weight is 339 g/mol. The van der Waals surface area contributed by atoms with Crippen LogP contribution >= 0.6 is 0 Å². The molecule has 10 heteroatoms. The van der Waals surface area contributed by atoms with Crippen molar-refractivity contribution < 1.29 is 27.8 Å². The van der Waals surface area contributed by atoms with Crippen molar-refractivity contribution in [2.75, 3.05) is 4.90 Å². The summed E-state index contributed by atoms with van der Waals surface area (Å²) < 4.78 is 37.0. The highest BCUT2D eigenvalue weighted by molar-refractivity contribution is 6.01. The normalized spacial score (nSPS) is 15.8. The Morgan fingerprint density at radius 1 is 1.38 bits per heavy atom. The minimum absolute atomic E-state index is 0.111. The summed E-state index contributed by atoms with van der Waals surface area (Å²) in [7, 11) is 0. The molecule has 1 aromatic heterocycles. The Labute approximate surface area is 133 Å². The maximum atomic E-state index is 13.8. The maximum absolute atomic E-state index is 13.8. The predicted molar refractivity (Wildman–Crippen MR) is 75.8 cm³/mol. The Balaban J connectivity index is 2.11. The number of aromatic nitrogens is 1. The highest BCUT2D eigenvalue weighted by Gasteiger charge is 2.51. The standard InChI is InChI=1S/C14H11F2N3O5/c1-7-10(8(2)24-17-7)6-18-11-5-9(19(21)22)3-4-12(11)23-14(15,16)13(18)20/h3-5H,6H2,1-2H3. The lowest BCUT2D eigenvalue weighted by Crippen LogP contribution is -2.50. The van der Waals surface area contributed by atoms with Gasteiger partial charge in [0.25, 0.3) is 5.69 Å². The third kappa shape index (κ3) is 2.45. The minimum Gasteiger partial charge on any atom is -0.423 e. The Bertz CT molecular complexity index is 829. The molecule has 24 heavy (non-hydrogen) atoms. The second-order valence-electron chi connectivity index (χ2n) is 5.22. The van der Waals surface area contributed by atoms with Crippen molar-refractivity contribution in [2.45, 2.75) is 26.5 Å². The maximum Gasteiger partial charge on any atom is 0.482 e. The first kappa shape index (κ1) is 15.8. The molecule has 2 heterocycles. The molecule has 0 fully saturated rings. The Morgan fingerprint density at radius 2 is 2.08 bits per heavy atom. The van der Waals surface area contributed by atoms with E-state index in [0.29, 0.717) is 17.0 Å². The van der Waals surface area contributed by atoms with Gasteiger partial charge in [-0.3, -0.25) is 19.8 Å². The fraction of sp³-hybridized carbons (Fsp3) is 0.286. The number of anilines is 1. The molecule has 3 rings (SSSR count). The number of carbonyl (C=O) groups is 1. The van der Waals surface area contributed by atoms with Gasteiger partial charge in [0.15, 0.2) is 5.75 Å². The van der Waals surface area contributed by atoms with Crippen LogP contribution in [0.5, 0.6) is 5.75 Å².